The second kappa shape index (κ2) is 5.84. The summed E-state index contributed by atoms with van der Waals surface area (Å²) < 4.78 is 12.4. The topological polar surface area (TPSA) is 52.8 Å². The van der Waals surface area contributed by atoms with Crippen LogP contribution in [-0.2, 0) is 9.47 Å². The van der Waals surface area contributed by atoms with Crippen LogP contribution in [0.1, 0.15) is 42.8 Å². The number of esters is 1. The Kier molecular flexibility index (Phi) is 4.16. The van der Waals surface area contributed by atoms with Crippen molar-refractivity contribution in [2.75, 3.05) is 13.2 Å². The van der Waals surface area contributed by atoms with Gasteiger partial charge in [0.05, 0.1) is 30.0 Å². The molecule has 0 aliphatic heterocycles. The maximum atomic E-state index is 12.0. The van der Waals surface area contributed by atoms with Gasteiger partial charge in [-0.25, -0.2) is 9.31 Å². The summed E-state index contributed by atoms with van der Waals surface area (Å²) in [6.45, 7) is 6.56. The van der Waals surface area contributed by atoms with E-state index >= 15 is 0 Å². The molecule has 0 aliphatic carbocycles. The molecule has 2 heterocycles. The Bertz CT molecular complexity index is 577. The first kappa shape index (κ1) is 13.5. The zero-order chi connectivity index (χ0) is 13.8. The molecule has 0 bridgehead atoms. The lowest BCUT2D eigenvalue weighted by Gasteiger charge is -2.17. The van der Waals surface area contributed by atoms with E-state index in [2.05, 4.69) is 5.10 Å². The van der Waals surface area contributed by atoms with Crippen LogP contribution in [0.2, 0.25) is 0 Å². The summed E-state index contributed by atoms with van der Waals surface area (Å²) in [7, 11) is 0. The molecule has 0 spiro atoms. The van der Waals surface area contributed by atoms with Crippen molar-refractivity contribution in [2.45, 2.75) is 26.9 Å². The van der Waals surface area contributed by atoms with Gasteiger partial charge in [0.2, 0.25) is 0 Å². The minimum atomic E-state index is -0.361. The standard InChI is InChI=1S/C14H18N2O3/c1-4-18-10(3)13-11(14(17)19-5-2)9-15-16-8-6-7-12(13)16/h6-10H,4-5H2,1-3H3. The van der Waals surface area contributed by atoms with Gasteiger partial charge in [-0.2, -0.15) is 5.10 Å². The molecule has 0 aromatic carbocycles. The van der Waals surface area contributed by atoms with Gasteiger partial charge >= 0.3 is 5.97 Å². The molecule has 1 atom stereocenters. The summed E-state index contributed by atoms with van der Waals surface area (Å²) in [4.78, 5) is 12.0. The van der Waals surface area contributed by atoms with Gasteiger partial charge in [-0.3, -0.25) is 0 Å². The van der Waals surface area contributed by atoms with Crippen molar-refractivity contribution in [3.63, 3.8) is 0 Å². The largest absolute Gasteiger partial charge is 0.462 e. The van der Waals surface area contributed by atoms with Crippen molar-refractivity contribution < 1.29 is 14.3 Å². The van der Waals surface area contributed by atoms with Gasteiger partial charge < -0.3 is 9.47 Å². The maximum absolute atomic E-state index is 12.0. The normalized spacial score (nSPS) is 12.6. The third-order valence-corrected chi connectivity index (χ3v) is 2.92. The van der Waals surface area contributed by atoms with Gasteiger partial charge in [-0.15, -0.1) is 0 Å². The highest BCUT2D eigenvalue weighted by Gasteiger charge is 2.21. The summed E-state index contributed by atoms with van der Waals surface area (Å²) in [6, 6.07) is 3.81. The molecule has 102 valence electrons. The number of carbonyl (C=O) groups excluding carboxylic acids is 1. The average Bonchev–Trinajstić information content (AvgIpc) is 2.86. The Morgan fingerprint density at radius 2 is 2.21 bits per heavy atom. The van der Waals surface area contributed by atoms with E-state index < -0.39 is 0 Å². The van der Waals surface area contributed by atoms with Crippen LogP contribution in [0.25, 0.3) is 5.52 Å². The summed E-state index contributed by atoms with van der Waals surface area (Å²) in [5.41, 5.74) is 2.15. The molecule has 0 saturated heterocycles. The SMILES string of the molecule is CCOC(=O)c1cnn2cccc2c1C(C)OCC. The second-order valence-corrected chi connectivity index (χ2v) is 4.13. The van der Waals surface area contributed by atoms with E-state index in [0.29, 0.717) is 18.8 Å². The predicted octanol–water partition coefficient (Wildman–Crippen LogP) is 2.61. The molecule has 2 aromatic heterocycles. The lowest BCUT2D eigenvalue weighted by Crippen LogP contribution is -2.14. The van der Waals surface area contributed by atoms with Crippen molar-refractivity contribution in [3.8, 4) is 0 Å². The van der Waals surface area contributed by atoms with E-state index in [1.165, 1.54) is 6.20 Å². The van der Waals surface area contributed by atoms with Crippen molar-refractivity contribution >= 4 is 11.5 Å². The number of fused-ring (bicyclic) bond motifs is 1. The third-order valence-electron chi connectivity index (χ3n) is 2.92. The molecule has 0 amide bonds. The van der Waals surface area contributed by atoms with Crippen molar-refractivity contribution in [1.82, 2.24) is 9.61 Å². The van der Waals surface area contributed by atoms with Crippen LogP contribution in [-0.4, -0.2) is 28.8 Å². The maximum Gasteiger partial charge on any atom is 0.340 e. The first-order chi connectivity index (χ1) is 9.19. The van der Waals surface area contributed by atoms with E-state index in [-0.39, 0.29) is 12.1 Å². The van der Waals surface area contributed by atoms with Crippen LogP contribution in [0.3, 0.4) is 0 Å². The van der Waals surface area contributed by atoms with Crippen LogP contribution in [0.5, 0.6) is 0 Å². The molecular weight excluding hydrogens is 244 g/mol. The Morgan fingerprint density at radius 3 is 2.89 bits per heavy atom. The minimum absolute atomic E-state index is 0.190. The van der Waals surface area contributed by atoms with E-state index in [0.717, 1.165) is 11.1 Å². The van der Waals surface area contributed by atoms with Gasteiger partial charge in [0.1, 0.15) is 0 Å². The molecule has 0 saturated carbocycles. The fraction of sp³-hybridized carbons (Fsp3) is 0.429. The number of hydrogen-bond acceptors (Lipinski definition) is 4. The molecule has 0 N–H and O–H groups in total. The number of rotatable bonds is 5. The van der Waals surface area contributed by atoms with Crippen LogP contribution in [0.4, 0.5) is 0 Å². The first-order valence-corrected chi connectivity index (χ1v) is 6.44. The fourth-order valence-corrected chi connectivity index (χ4v) is 2.15. The molecular formula is C14H18N2O3. The lowest BCUT2D eigenvalue weighted by atomic mass is 10.0. The fourth-order valence-electron chi connectivity index (χ4n) is 2.15. The molecule has 2 rings (SSSR count). The van der Waals surface area contributed by atoms with Crippen LogP contribution < -0.4 is 0 Å². The monoisotopic (exact) mass is 262 g/mol. The van der Waals surface area contributed by atoms with Crippen molar-refractivity contribution in [3.05, 3.63) is 35.7 Å². The molecule has 19 heavy (non-hydrogen) atoms. The second-order valence-electron chi connectivity index (χ2n) is 4.13. The van der Waals surface area contributed by atoms with E-state index in [4.69, 9.17) is 9.47 Å². The third kappa shape index (κ3) is 2.61. The van der Waals surface area contributed by atoms with Gasteiger partial charge in [-0.05, 0) is 32.9 Å². The van der Waals surface area contributed by atoms with E-state index in [1.807, 2.05) is 32.2 Å². The summed E-state index contributed by atoms with van der Waals surface area (Å²) >= 11 is 0. The summed E-state index contributed by atoms with van der Waals surface area (Å²) in [6.07, 6.45) is 3.19. The quantitative estimate of drug-likeness (QED) is 0.777. The summed E-state index contributed by atoms with van der Waals surface area (Å²) in [5, 5.41) is 4.21. The molecule has 5 heteroatoms. The number of aromatic nitrogens is 2. The molecule has 5 nitrogen and oxygen atoms in total. The highest BCUT2D eigenvalue weighted by Crippen LogP contribution is 2.26. The van der Waals surface area contributed by atoms with Crippen LogP contribution in [0, 0.1) is 0 Å². The van der Waals surface area contributed by atoms with Crippen LogP contribution >= 0.6 is 0 Å². The zero-order valence-corrected chi connectivity index (χ0v) is 11.4. The Hall–Kier alpha value is -1.88. The minimum Gasteiger partial charge on any atom is -0.462 e. The zero-order valence-electron chi connectivity index (χ0n) is 11.4. The molecule has 0 radical (unpaired) electrons. The van der Waals surface area contributed by atoms with Gasteiger partial charge in [0, 0.05) is 18.4 Å². The highest BCUT2D eigenvalue weighted by atomic mass is 16.5. The highest BCUT2D eigenvalue weighted by molar-refractivity contribution is 5.93. The Morgan fingerprint density at radius 1 is 1.42 bits per heavy atom. The lowest BCUT2D eigenvalue weighted by molar-refractivity contribution is 0.0500. The molecule has 0 fully saturated rings. The number of hydrogen-bond donors (Lipinski definition) is 0. The van der Waals surface area contributed by atoms with Gasteiger partial charge in [0.15, 0.2) is 0 Å². The summed E-state index contributed by atoms with van der Waals surface area (Å²) in [5.74, 6) is -0.361. The molecule has 1 unspecified atom stereocenters. The molecule has 2 aromatic rings. The number of nitrogens with zero attached hydrogens (tertiary/aromatic N) is 2. The first-order valence-electron chi connectivity index (χ1n) is 6.44. The van der Waals surface area contributed by atoms with Gasteiger partial charge in [-0.1, -0.05) is 0 Å². The number of carbonyl (C=O) groups is 1. The van der Waals surface area contributed by atoms with E-state index in [9.17, 15) is 4.79 Å². The Labute approximate surface area is 112 Å². The van der Waals surface area contributed by atoms with Crippen molar-refractivity contribution in [1.29, 1.82) is 0 Å². The smallest absolute Gasteiger partial charge is 0.340 e. The predicted molar refractivity (Wildman–Crippen MR) is 71.2 cm³/mol. The van der Waals surface area contributed by atoms with Crippen LogP contribution in [0.15, 0.2) is 24.5 Å². The molecule has 0 aliphatic rings. The average molecular weight is 262 g/mol. The Balaban J connectivity index is 2.55. The van der Waals surface area contributed by atoms with Gasteiger partial charge in [0.25, 0.3) is 0 Å². The van der Waals surface area contributed by atoms with Crippen molar-refractivity contribution in [2.24, 2.45) is 0 Å². The number of ether oxygens (including phenoxy) is 2. The van der Waals surface area contributed by atoms with E-state index in [1.54, 1.807) is 11.4 Å².